The van der Waals surface area contributed by atoms with E-state index in [0.717, 1.165) is 0 Å². The van der Waals surface area contributed by atoms with E-state index in [1.165, 1.54) is 0 Å². The summed E-state index contributed by atoms with van der Waals surface area (Å²) in [6.07, 6.45) is 0.643. The van der Waals surface area contributed by atoms with Crippen LogP contribution in [-0.2, 0) is 14.2 Å². The largest absolute Gasteiger partial charge is 0.391 e. The Hall–Kier alpha value is -0.160. The molecule has 0 saturated carbocycles. The Kier molecular flexibility index (Phi) is 3.46. The van der Waals surface area contributed by atoms with E-state index in [9.17, 15) is 5.11 Å². The van der Waals surface area contributed by atoms with E-state index in [-0.39, 0.29) is 0 Å². The third-order valence-electron chi connectivity index (χ3n) is 2.23. The first-order valence-electron chi connectivity index (χ1n) is 4.08. The molecule has 1 aliphatic rings. The average Bonchev–Trinajstić information content (AvgIpc) is 2.28. The molecule has 1 fully saturated rings. The van der Waals surface area contributed by atoms with Crippen molar-refractivity contribution in [2.45, 2.75) is 24.7 Å². The Labute approximate surface area is 72.4 Å². The van der Waals surface area contributed by atoms with Crippen molar-refractivity contribution in [2.24, 2.45) is 0 Å². The molecule has 1 rings (SSSR count). The molecule has 4 heteroatoms. The highest BCUT2D eigenvalue weighted by molar-refractivity contribution is 4.76. The SMILES string of the molecule is COC1(OC)CCOCC(O)C1. The first kappa shape index (κ1) is 9.92. The van der Waals surface area contributed by atoms with Gasteiger partial charge in [-0.05, 0) is 0 Å². The topological polar surface area (TPSA) is 47.9 Å². The van der Waals surface area contributed by atoms with Crippen molar-refractivity contribution in [1.29, 1.82) is 0 Å². The summed E-state index contributed by atoms with van der Waals surface area (Å²) >= 11 is 0. The molecule has 0 aliphatic carbocycles. The molecule has 0 aromatic rings. The summed E-state index contributed by atoms with van der Waals surface area (Å²) in [6, 6.07) is 0. The first-order valence-corrected chi connectivity index (χ1v) is 4.08. The molecule has 72 valence electrons. The van der Waals surface area contributed by atoms with E-state index in [4.69, 9.17) is 14.2 Å². The van der Waals surface area contributed by atoms with Crippen molar-refractivity contribution in [3.8, 4) is 0 Å². The quantitative estimate of drug-likeness (QED) is 0.608. The summed E-state index contributed by atoms with van der Waals surface area (Å²) in [6.45, 7) is 0.938. The maximum atomic E-state index is 9.40. The second-order valence-corrected chi connectivity index (χ2v) is 3.00. The standard InChI is InChI=1S/C8H16O4/c1-10-8(11-2)3-4-12-6-7(9)5-8/h7,9H,3-6H2,1-2H3. The van der Waals surface area contributed by atoms with Crippen LogP contribution in [0.4, 0.5) is 0 Å². The van der Waals surface area contributed by atoms with E-state index in [0.29, 0.717) is 26.1 Å². The van der Waals surface area contributed by atoms with Gasteiger partial charge in [-0.2, -0.15) is 0 Å². The van der Waals surface area contributed by atoms with Gasteiger partial charge < -0.3 is 19.3 Å². The molecular weight excluding hydrogens is 160 g/mol. The van der Waals surface area contributed by atoms with Crippen LogP contribution in [0.15, 0.2) is 0 Å². The number of rotatable bonds is 2. The van der Waals surface area contributed by atoms with Crippen molar-refractivity contribution in [3.63, 3.8) is 0 Å². The van der Waals surface area contributed by atoms with Gasteiger partial charge in [-0.25, -0.2) is 0 Å². The van der Waals surface area contributed by atoms with E-state index in [1.807, 2.05) is 0 Å². The second-order valence-electron chi connectivity index (χ2n) is 3.00. The van der Waals surface area contributed by atoms with Crippen LogP contribution in [0.25, 0.3) is 0 Å². The van der Waals surface area contributed by atoms with E-state index < -0.39 is 11.9 Å². The molecule has 1 N–H and O–H groups in total. The Balaban J connectivity index is 2.59. The zero-order valence-electron chi connectivity index (χ0n) is 7.58. The highest BCUT2D eigenvalue weighted by Crippen LogP contribution is 2.25. The Morgan fingerprint density at radius 2 is 2.08 bits per heavy atom. The number of hydrogen-bond donors (Lipinski definition) is 1. The van der Waals surface area contributed by atoms with Crippen molar-refractivity contribution in [2.75, 3.05) is 27.4 Å². The molecule has 12 heavy (non-hydrogen) atoms. The molecule has 0 spiro atoms. The molecule has 0 amide bonds. The monoisotopic (exact) mass is 176 g/mol. The molecule has 1 atom stereocenters. The molecule has 1 saturated heterocycles. The van der Waals surface area contributed by atoms with Crippen molar-refractivity contribution >= 4 is 0 Å². The molecule has 1 aliphatic heterocycles. The average molecular weight is 176 g/mol. The van der Waals surface area contributed by atoms with Crippen molar-refractivity contribution < 1.29 is 19.3 Å². The summed E-state index contributed by atoms with van der Waals surface area (Å²) in [5.41, 5.74) is 0. The van der Waals surface area contributed by atoms with E-state index in [1.54, 1.807) is 14.2 Å². The number of ether oxygens (including phenoxy) is 3. The van der Waals surface area contributed by atoms with Crippen LogP contribution < -0.4 is 0 Å². The van der Waals surface area contributed by atoms with Crippen molar-refractivity contribution in [1.82, 2.24) is 0 Å². The van der Waals surface area contributed by atoms with Gasteiger partial charge in [0, 0.05) is 27.1 Å². The van der Waals surface area contributed by atoms with E-state index >= 15 is 0 Å². The van der Waals surface area contributed by atoms with Gasteiger partial charge in [-0.15, -0.1) is 0 Å². The molecule has 1 heterocycles. The van der Waals surface area contributed by atoms with Crippen LogP contribution in [0.1, 0.15) is 12.8 Å². The number of aliphatic hydroxyl groups excluding tert-OH is 1. The Morgan fingerprint density at radius 1 is 1.42 bits per heavy atom. The van der Waals surface area contributed by atoms with Gasteiger partial charge in [0.25, 0.3) is 0 Å². The minimum atomic E-state index is -0.657. The van der Waals surface area contributed by atoms with Crippen LogP contribution in [0.3, 0.4) is 0 Å². The Bertz CT molecular complexity index is 133. The number of aliphatic hydroxyl groups is 1. The lowest BCUT2D eigenvalue weighted by Crippen LogP contribution is -2.37. The molecule has 0 bridgehead atoms. The van der Waals surface area contributed by atoms with Gasteiger partial charge in [-0.1, -0.05) is 0 Å². The highest BCUT2D eigenvalue weighted by Gasteiger charge is 2.34. The molecule has 0 radical (unpaired) electrons. The third-order valence-corrected chi connectivity index (χ3v) is 2.23. The van der Waals surface area contributed by atoms with Crippen LogP contribution in [0, 0.1) is 0 Å². The molecule has 0 aromatic carbocycles. The number of hydrogen-bond acceptors (Lipinski definition) is 4. The lowest BCUT2D eigenvalue weighted by atomic mass is 10.1. The van der Waals surface area contributed by atoms with Gasteiger partial charge in [-0.3, -0.25) is 0 Å². The number of methoxy groups -OCH3 is 2. The maximum Gasteiger partial charge on any atom is 0.172 e. The Morgan fingerprint density at radius 3 is 2.67 bits per heavy atom. The first-order chi connectivity index (χ1) is 5.72. The fourth-order valence-corrected chi connectivity index (χ4v) is 1.42. The van der Waals surface area contributed by atoms with Gasteiger partial charge in [0.15, 0.2) is 5.79 Å². The van der Waals surface area contributed by atoms with E-state index in [2.05, 4.69) is 0 Å². The molecule has 4 nitrogen and oxygen atoms in total. The summed E-state index contributed by atoms with van der Waals surface area (Å²) < 4.78 is 15.6. The molecule has 0 aromatic heterocycles. The second kappa shape index (κ2) is 4.18. The van der Waals surface area contributed by atoms with Gasteiger partial charge in [0.1, 0.15) is 0 Å². The smallest absolute Gasteiger partial charge is 0.172 e. The summed E-state index contributed by atoms with van der Waals surface area (Å²) in [5, 5.41) is 9.40. The van der Waals surface area contributed by atoms with Crippen LogP contribution in [-0.4, -0.2) is 44.4 Å². The van der Waals surface area contributed by atoms with Gasteiger partial charge in [0.05, 0.1) is 19.3 Å². The third kappa shape index (κ3) is 2.17. The fourth-order valence-electron chi connectivity index (χ4n) is 1.42. The van der Waals surface area contributed by atoms with Crippen LogP contribution >= 0.6 is 0 Å². The van der Waals surface area contributed by atoms with Crippen LogP contribution in [0.2, 0.25) is 0 Å². The highest BCUT2D eigenvalue weighted by atomic mass is 16.7. The summed E-state index contributed by atoms with van der Waals surface area (Å²) in [7, 11) is 3.17. The molecular formula is C8H16O4. The predicted octanol–water partition coefficient (Wildman–Crippen LogP) is 0.147. The lowest BCUT2D eigenvalue weighted by molar-refractivity contribution is -0.221. The summed E-state index contributed by atoms with van der Waals surface area (Å²) in [5.74, 6) is -0.657. The summed E-state index contributed by atoms with van der Waals surface area (Å²) in [4.78, 5) is 0. The van der Waals surface area contributed by atoms with Crippen molar-refractivity contribution in [3.05, 3.63) is 0 Å². The van der Waals surface area contributed by atoms with Crippen LogP contribution in [0.5, 0.6) is 0 Å². The lowest BCUT2D eigenvalue weighted by Gasteiger charge is -2.29. The maximum absolute atomic E-state index is 9.40. The predicted molar refractivity (Wildman–Crippen MR) is 42.8 cm³/mol. The minimum absolute atomic E-state index is 0.370. The van der Waals surface area contributed by atoms with Gasteiger partial charge in [0.2, 0.25) is 0 Å². The normalized spacial score (nSPS) is 29.8. The fraction of sp³-hybridized carbons (Fsp3) is 1.00. The zero-order valence-corrected chi connectivity index (χ0v) is 7.58. The van der Waals surface area contributed by atoms with Gasteiger partial charge >= 0.3 is 0 Å². The zero-order chi connectivity index (χ0) is 9.03. The molecule has 1 unspecified atom stereocenters. The minimum Gasteiger partial charge on any atom is -0.391 e.